The van der Waals surface area contributed by atoms with E-state index in [1.54, 1.807) is 6.92 Å². The Kier molecular flexibility index (Phi) is 2.92. The first-order valence-corrected chi connectivity index (χ1v) is 7.45. The van der Waals surface area contributed by atoms with Gasteiger partial charge in [0.25, 0.3) is 0 Å². The van der Waals surface area contributed by atoms with Gasteiger partial charge in [0, 0.05) is 12.5 Å². The van der Waals surface area contributed by atoms with Gasteiger partial charge in [-0.1, -0.05) is 38.0 Å². The van der Waals surface area contributed by atoms with E-state index in [2.05, 4.69) is 36.9 Å². The van der Waals surface area contributed by atoms with Gasteiger partial charge in [-0.05, 0) is 43.2 Å². The van der Waals surface area contributed by atoms with Gasteiger partial charge in [0.2, 0.25) is 5.91 Å². The highest BCUT2D eigenvalue weighted by Gasteiger charge is 2.47. The first-order chi connectivity index (χ1) is 9.05. The van der Waals surface area contributed by atoms with Gasteiger partial charge in [-0.3, -0.25) is 4.79 Å². The SMILES string of the molecule is CC(=O)N1c2c(C)cccc2C(C)CC12CCCC2. The number of rotatable bonds is 0. The van der Waals surface area contributed by atoms with Crippen molar-refractivity contribution in [1.29, 1.82) is 0 Å². The zero-order valence-corrected chi connectivity index (χ0v) is 12.2. The summed E-state index contributed by atoms with van der Waals surface area (Å²) < 4.78 is 0. The Morgan fingerprint density at radius 3 is 2.63 bits per heavy atom. The Morgan fingerprint density at radius 2 is 2.00 bits per heavy atom. The average Bonchev–Trinajstić information content (AvgIpc) is 2.79. The van der Waals surface area contributed by atoms with E-state index >= 15 is 0 Å². The van der Waals surface area contributed by atoms with Gasteiger partial charge >= 0.3 is 0 Å². The summed E-state index contributed by atoms with van der Waals surface area (Å²) in [5.74, 6) is 0.771. The van der Waals surface area contributed by atoms with Crippen LogP contribution < -0.4 is 4.90 Å². The second-order valence-electron chi connectivity index (χ2n) is 6.40. The van der Waals surface area contributed by atoms with Gasteiger partial charge in [0.1, 0.15) is 0 Å². The second kappa shape index (κ2) is 4.36. The van der Waals surface area contributed by atoms with Crippen LogP contribution in [-0.4, -0.2) is 11.4 Å². The number of benzene rings is 1. The van der Waals surface area contributed by atoms with E-state index in [0.29, 0.717) is 5.92 Å². The fourth-order valence-electron chi connectivity index (χ4n) is 4.35. The predicted molar refractivity (Wildman–Crippen MR) is 78.6 cm³/mol. The maximum absolute atomic E-state index is 12.3. The first-order valence-electron chi connectivity index (χ1n) is 7.45. The first kappa shape index (κ1) is 12.7. The van der Waals surface area contributed by atoms with Gasteiger partial charge in [-0.25, -0.2) is 0 Å². The van der Waals surface area contributed by atoms with Gasteiger partial charge in [-0.15, -0.1) is 0 Å². The lowest BCUT2D eigenvalue weighted by molar-refractivity contribution is -0.118. The van der Waals surface area contributed by atoms with E-state index in [1.165, 1.54) is 42.5 Å². The van der Waals surface area contributed by atoms with Crippen molar-refractivity contribution in [2.45, 2.75) is 64.3 Å². The molecule has 1 aromatic rings. The summed E-state index contributed by atoms with van der Waals surface area (Å²) in [5.41, 5.74) is 3.90. The highest BCUT2D eigenvalue weighted by molar-refractivity contribution is 5.95. The third-order valence-electron chi connectivity index (χ3n) is 5.03. The van der Waals surface area contributed by atoms with Crippen LogP contribution in [0.3, 0.4) is 0 Å². The van der Waals surface area contributed by atoms with Crippen LogP contribution in [0.1, 0.15) is 63.0 Å². The van der Waals surface area contributed by atoms with E-state index in [0.717, 1.165) is 6.42 Å². The van der Waals surface area contributed by atoms with Crippen molar-refractivity contribution in [3.63, 3.8) is 0 Å². The highest BCUT2D eigenvalue weighted by Crippen LogP contribution is 2.51. The number of hydrogen-bond donors (Lipinski definition) is 0. The zero-order valence-electron chi connectivity index (χ0n) is 12.2. The molecule has 1 aromatic carbocycles. The average molecular weight is 257 g/mol. The lowest BCUT2D eigenvalue weighted by Gasteiger charge is -2.48. The maximum Gasteiger partial charge on any atom is 0.224 e. The number of carbonyl (C=O) groups is 1. The van der Waals surface area contributed by atoms with Crippen LogP contribution in [-0.2, 0) is 4.79 Å². The van der Waals surface area contributed by atoms with Crippen LogP contribution in [0.4, 0.5) is 5.69 Å². The smallest absolute Gasteiger partial charge is 0.224 e. The van der Waals surface area contributed by atoms with Crippen LogP contribution in [0, 0.1) is 6.92 Å². The summed E-state index contributed by atoms with van der Waals surface area (Å²) >= 11 is 0. The quantitative estimate of drug-likeness (QED) is 0.683. The van der Waals surface area contributed by atoms with Gasteiger partial charge < -0.3 is 4.90 Å². The fraction of sp³-hybridized carbons (Fsp3) is 0.588. The van der Waals surface area contributed by atoms with Crippen LogP contribution in [0.2, 0.25) is 0 Å². The van der Waals surface area contributed by atoms with E-state index in [9.17, 15) is 4.79 Å². The monoisotopic (exact) mass is 257 g/mol. The summed E-state index contributed by atoms with van der Waals surface area (Å²) in [4.78, 5) is 14.5. The lowest BCUT2D eigenvalue weighted by atomic mass is 9.76. The molecule has 2 heteroatoms. The molecule has 0 aromatic heterocycles. The minimum absolute atomic E-state index is 0.102. The molecule has 1 unspecified atom stereocenters. The van der Waals surface area contributed by atoms with Gasteiger partial charge in [-0.2, -0.15) is 0 Å². The highest BCUT2D eigenvalue weighted by atomic mass is 16.2. The maximum atomic E-state index is 12.3. The van der Waals surface area contributed by atoms with Crippen molar-refractivity contribution >= 4 is 11.6 Å². The van der Waals surface area contributed by atoms with Crippen molar-refractivity contribution in [3.8, 4) is 0 Å². The van der Waals surface area contributed by atoms with Crippen molar-refractivity contribution in [2.75, 3.05) is 4.90 Å². The molecule has 1 aliphatic heterocycles. The Balaban J connectivity index is 2.20. The number of amides is 1. The summed E-state index contributed by atoms with van der Waals surface area (Å²) in [7, 11) is 0. The number of para-hydroxylation sites is 1. The molecule has 1 spiro atoms. The predicted octanol–water partition coefficient (Wildman–Crippen LogP) is 4.17. The summed E-state index contributed by atoms with van der Waals surface area (Å²) in [6.07, 6.45) is 5.99. The molecular formula is C17H23NO. The molecular weight excluding hydrogens is 234 g/mol. The zero-order chi connectivity index (χ0) is 13.6. The van der Waals surface area contributed by atoms with E-state index in [4.69, 9.17) is 0 Å². The molecule has 102 valence electrons. The third-order valence-corrected chi connectivity index (χ3v) is 5.03. The Morgan fingerprint density at radius 1 is 1.32 bits per heavy atom. The van der Waals surface area contributed by atoms with Crippen molar-refractivity contribution in [2.24, 2.45) is 0 Å². The molecule has 1 fully saturated rings. The summed E-state index contributed by atoms with van der Waals surface area (Å²) in [6, 6.07) is 6.45. The van der Waals surface area contributed by atoms with Crippen molar-refractivity contribution < 1.29 is 4.79 Å². The summed E-state index contributed by atoms with van der Waals surface area (Å²) in [5, 5.41) is 0. The summed E-state index contributed by atoms with van der Waals surface area (Å²) in [6.45, 7) is 6.18. The van der Waals surface area contributed by atoms with E-state index in [1.807, 2.05) is 0 Å². The Bertz CT molecular complexity index is 514. The minimum Gasteiger partial charge on any atom is -0.306 e. The number of hydrogen-bond acceptors (Lipinski definition) is 1. The number of carbonyl (C=O) groups excluding carboxylic acids is 1. The van der Waals surface area contributed by atoms with Crippen molar-refractivity contribution in [3.05, 3.63) is 29.3 Å². The van der Waals surface area contributed by atoms with Gasteiger partial charge in [0.05, 0.1) is 5.69 Å². The molecule has 0 bridgehead atoms. The minimum atomic E-state index is 0.102. The molecule has 1 saturated carbocycles. The molecule has 1 aliphatic carbocycles. The molecule has 0 saturated heterocycles. The number of anilines is 1. The second-order valence-corrected chi connectivity index (χ2v) is 6.40. The molecule has 2 nitrogen and oxygen atoms in total. The van der Waals surface area contributed by atoms with Gasteiger partial charge in [0.15, 0.2) is 0 Å². The fourth-order valence-corrected chi connectivity index (χ4v) is 4.35. The molecule has 0 radical (unpaired) electrons. The number of aryl methyl sites for hydroxylation is 1. The topological polar surface area (TPSA) is 20.3 Å². The molecule has 0 N–H and O–H groups in total. The normalized spacial score (nSPS) is 24.6. The lowest BCUT2D eigenvalue weighted by Crippen LogP contribution is -2.53. The third kappa shape index (κ3) is 1.80. The standard InChI is InChI=1S/C17H23NO/c1-12-7-6-8-15-13(2)11-17(9-4-5-10-17)18(14(3)19)16(12)15/h6-8,13H,4-5,9-11H2,1-3H3. The number of nitrogens with zero attached hydrogens (tertiary/aromatic N) is 1. The van der Waals surface area contributed by atoms with Crippen LogP contribution in [0.25, 0.3) is 0 Å². The molecule has 19 heavy (non-hydrogen) atoms. The Hall–Kier alpha value is -1.31. The largest absolute Gasteiger partial charge is 0.306 e. The van der Waals surface area contributed by atoms with Crippen LogP contribution >= 0.6 is 0 Å². The van der Waals surface area contributed by atoms with Crippen LogP contribution in [0.5, 0.6) is 0 Å². The molecule has 1 atom stereocenters. The molecule has 3 rings (SSSR count). The van der Waals surface area contributed by atoms with E-state index < -0.39 is 0 Å². The van der Waals surface area contributed by atoms with Crippen LogP contribution in [0.15, 0.2) is 18.2 Å². The number of fused-ring (bicyclic) bond motifs is 1. The Labute approximate surface area is 115 Å². The molecule has 1 amide bonds. The molecule has 1 heterocycles. The van der Waals surface area contributed by atoms with E-state index in [-0.39, 0.29) is 11.4 Å². The molecule has 2 aliphatic rings. The van der Waals surface area contributed by atoms with Crippen molar-refractivity contribution in [1.82, 2.24) is 0 Å².